The van der Waals surface area contributed by atoms with Gasteiger partial charge in [0, 0.05) is 5.56 Å². The maximum atomic E-state index is 12.2. The monoisotopic (exact) mass is 248 g/mol. The summed E-state index contributed by atoms with van der Waals surface area (Å²) in [6.07, 6.45) is -0.445. The van der Waals surface area contributed by atoms with Gasteiger partial charge in [0.25, 0.3) is 0 Å². The number of rotatable bonds is 2. The SMILES string of the molecule is CC(C)(C)c1ccc(C(=O)C2COCCO2)cc1. The Hall–Kier alpha value is -1.19. The first-order chi connectivity index (χ1) is 8.48. The highest BCUT2D eigenvalue weighted by molar-refractivity contribution is 5.99. The molecule has 1 aromatic rings. The fraction of sp³-hybridized carbons (Fsp3) is 0.533. The molecule has 0 amide bonds. The predicted octanol–water partition coefficient (Wildman–Crippen LogP) is 2.58. The maximum absolute atomic E-state index is 12.2. The van der Waals surface area contributed by atoms with E-state index in [2.05, 4.69) is 20.8 Å². The molecular formula is C15H20O3. The van der Waals surface area contributed by atoms with Gasteiger partial charge in [0.2, 0.25) is 0 Å². The van der Waals surface area contributed by atoms with E-state index in [9.17, 15) is 4.79 Å². The van der Waals surface area contributed by atoms with Gasteiger partial charge < -0.3 is 9.47 Å². The first-order valence-corrected chi connectivity index (χ1v) is 6.32. The molecule has 1 atom stereocenters. The average Bonchev–Trinajstić information content (AvgIpc) is 2.38. The molecular weight excluding hydrogens is 228 g/mol. The Morgan fingerprint density at radius 1 is 1.17 bits per heavy atom. The van der Waals surface area contributed by atoms with Crippen LogP contribution < -0.4 is 0 Å². The molecule has 18 heavy (non-hydrogen) atoms. The van der Waals surface area contributed by atoms with E-state index in [1.165, 1.54) is 5.56 Å². The van der Waals surface area contributed by atoms with Gasteiger partial charge >= 0.3 is 0 Å². The molecule has 0 N–H and O–H groups in total. The number of ketones is 1. The van der Waals surface area contributed by atoms with E-state index in [0.717, 1.165) is 0 Å². The lowest BCUT2D eigenvalue weighted by atomic mass is 9.86. The van der Waals surface area contributed by atoms with Crippen molar-refractivity contribution in [2.45, 2.75) is 32.3 Å². The highest BCUT2D eigenvalue weighted by Gasteiger charge is 2.24. The van der Waals surface area contributed by atoms with Crippen molar-refractivity contribution >= 4 is 5.78 Å². The van der Waals surface area contributed by atoms with Crippen molar-refractivity contribution in [2.24, 2.45) is 0 Å². The van der Waals surface area contributed by atoms with E-state index in [1.807, 2.05) is 24.3 Å². The number of hydrogen-bond donors (Lipinski definition) is 0. The van der Waals surface area contributed by atoms with Crippen molar-refractivity contribution in [3.63, 3.8) is 0 Å². The van der Waals surface area contributed by atoms with E-state index in [0.29, 0.717) is 25.4 Å². The van der Waals surface area contributed by atoms with Gasteiger partial charge in [0.05, 0.1) is 19.8 Å². The molecule has 2 rings (SSSR count). The standard InChI is InChI=1S/C15H20O3/c1-15(2,3)12-6-4-11(5-7-12)14(16)13-10-17-8-9-18-13/h4-7,13H,8-10H2,1-3H3. The molecule has 1 heterocycles. The summed E-state index contributed by atoms with van der Waals surface area (Å²) in [6.45, 7) is 7.90. The van der Waals surface area contributed by atoms with E-state index < -0.39 is 6.10 Å². The third kappa shape index (κ3) is 2.98. The topological polar surface area (TPSA) is 35.5 Å². The molecule has 1 fully saturated rings. The van der Waals surface area contributed by atoms with Crippen LogP contribution in [0.1, 0.15) is 36.7 Å². The minimum absolute atomic E-state index is 0.00941. The van der Waals surface area contributed by atoms with Crippen LogP contribution in [-0.4, -0.2) is 31.7 Å². The second-order valence-corrected chi connectivity index (χ2v) is 5.63. The summed E-state index contributed by atoms with van der Waals surface area (Å²) in [4.78, 5) is 12.2. The van der Waals surface area contributed by atoms with Crippen molar-refractivity contribution < 1.29 is 14.3 Å². The molecule has 0 spiro atoms. The Morgan fingerprint density at radius 2 is 1.83 bits per heavy atom. The third-order valence-corrected chi connectivity index (χ3v) is 3.14. The summed E-state index contributed by atoms with van der Waals surface area (Å²) in [7, 11) is 0. The van der Waals surface area contributed by atoms with Crippen molar-refractivity contribution in [1.29, 1.82) is 0 Å². The molecule has 98 valence electrons. The smallest absolute Gasteiger partial charge is 0.193 e. The molecule has 0 saturated carbocycles. The first kappa shape index (κ1) is 13.2. The van der Waals surface area contributed by atoms with Gasteiger partial charge in [-0.05, 0) is 11.0 Å². The zero-order chi connectivity index (χ0) is 13.2. The molecule has 1 unspecified atom stereocenters. The van der Waals surface area contributed by atoms with E-state index >= 15 is 0 Å². The lowest BCUT2D eigenvalue weighted by Crippen LogP contribution is -2.35. The van der Waals surface area contributed by atoms with Crippen molar-refractivity contribution in [2.75, 3.05) is 19.8 Å². The van der Waals surface area contributed by atoms with Crippen LogP contribution in [0.15, 0.2) is 24.3 Å². The second kappa shape index (κ2) is 5.21. The lowest BCUT2D eigenvalue weighted by molar-refractivity contribution is -0.0719. The van der Waals surface area contributed by atoms with Crippen LogP contribution in [-0.2, 0) is 14.9 Å². The number of carbonyl (C=O) groups excluding carboxylic acids is 1. The number of Topliss-reactive ketones (excluding diaryl/α,β-unsaturated/α-hetero) is 1. The Labute approximate surface area is 108 Å². The highest BCUT2D eigenvalue weighted by Crippen LogP contribution is 2.22. The third-order valence-electron chi connectivity index (χ3n) is 3.14. The minimum atomic E-state index is -0.445. The molecule has 0 radical (unpaired) electrons. The van der Waals surface area contributed by atoms with E-state index in [-0.39, 0.29) is 11.2 Å². The van der Waals surface area contributed by atoms with Crippen LogP contribution >= 0.6 is 0 Å². The fourth-order valence-corrected chi connectivity index (χ4v) is 1.96. The maximum Gasteiger partial charge on any atom is 0.193 e. The summed E-state index contributed by atoms with van der Waals surface area (Å²) in [5, 5.41) is 0. The van der Waals surface area contributed by atoms with Gasteiger partial charge in [-0.25, -0.2) is 0 Å². The molecule has 3 heteroatoms. The molecule has 1 aliphatic rings. The predicted molar refractivity (Wildman–Crippen MR) is 70.0 cm³/mol. The van der Waals surface area contributed by atoms with Gasteiger partial charge in [-0.3, -0.25) is 4.79 Å². The molecule has 1 aromatic carbocycles. The summed E-state index contributed by atoms with van der Waals surface area (Å²) >= 11 is 0. The van der Waals surface area contributed by atoms with Crippen LogP contribution in [0.5, 0.6) is 0 Å². The highest BCUT2D eigenvalue weighted by atomic mass is 16.6. The minimum Gasteiger partial charge on any atom is -0.376 e. The van der Waals surface area contributed by atoms with Crippen molar-refractivity contribution in [1.82, 2.24) is 0 Å². The normalized spacial score (nSPS) is 20.7. The summed E-state index contributed by atoms with van der Waals surface area (Å²) in [5.74, 6) is 0.00941. The molecule has 1 saturated heterocycles. The number of hydrogen-bond acceptors (Lipinski definition) is 3. The molecule has 0 aromatic heterocycles. The Kier molecular flexibility index (Phi) is 3.83. The van der Waals surface area contributed by atoms with Gasteiger partial charge in [0.1, 0.15) is 6.10 Å². The van der Waals surface area contributed by atoms with Crippen molar-refractivity contribution in [3.05, 3.63) is 35.4 Å². The van der Waals surface area contributed by atoms with E-state index in [1.54, 1.807) is 0 Å². The summed E-state index contributed by atoms with van der Waals surface area (Å²) in [6, 6.07) is 7.77. The quantitative estimate of drug-likeness (QED) is 0.755. The summed E-state index contributed by atoms with van der Waals surface area (Å²) in [5.41, 5.74) is 2.02. The first-order valence-electron chi connectivity index (χ1n) is 6.32. The largest absolute Gasteiger partial charge is 0.376 e. The number of carbonyl (C=O) groups is 1. The van der Waals surface area contributed by atoms with E-state index in [4.69, 9.17) is 9.47 Å². The van der Waals surface area contributed by atoms with Crippen LogP contribution in [0.2, 0.25) is 0 Å². The van der Waals surface area contributed by atoms with Crippen LogP contribution in [0.25, 0.3) is 0 Å². The van der Waals surface area contributed by atoms with Crippen molar-refractivity contribution in [3.8, 4) is 0 Å². The fourth-order valence-electron chi connectivity index (χ4n) is 1.96. The average molecular weight is 248 g/mol. The van der Waals surface area contributed by atoms with Gasteiger partial charge in [0.15, 0.2) is 5.78 Å². The molecule has 3 nitrogen and oxygen atoms in total. The number of ether oxygens (including phenoxy) is 2. The second-order valence-electron chi connectivity index (χ2n) is 5.63. The molecule has 0 aliphatic carbocycles. The van der Waals surface area contributed by atoms with Crippen LogP contribution in [0.4, 0.5) is 0 Å². The van der Waals surface area contributed by atoms with Crippen LogP contribution in [0.3, 0.4) is 0 Å². The Bertz CT molecular complexity index is 408. The number of benzene rings is 1. The Morgan fingerprint density at radius 3 is 2.33 bits per heavy atom. The summed E-state index contributed by atoms with van der Waals surface area (Å²) < 4.78 is 10.7. The van der Waals surface area contributed by atoms with Gasteiger partial charge in [-0.1, -0.05) is 45.0 Å². The van der Waals surface area contributed by atoms with Crippen LogP contribution in [0, 0.1) is 0 Å². The Balaban J connectivity index is 2.11. The van der Waals surface area contributed by atoms with Gasteiger partial charge in [-0.2, -0.15) is 0 Å². The zero-order valence-electron chi connectivity index (χ0n) is 11.2. The molecule has 0 bridgehead atoms. The zero-order valence-corrected chi connectivity index (χ0v) is 11.2. The van der Waals surface area contributed by atoms with Gasteiger partial charge in [-0.15, -0.1) is 0 Å². The molecule has 1 aliphatic heterocycles. The lowest BCUT2D eigenvalue weighted by Gasteiger charge is -2.22.